The summed E-state index contributed by atoms with van der Waals surface area (Å²) < 4.78 is 1.71. The van der Waals surface area contributed by atoms with Crippen molar-refractivity contribution in [2.45, 2.75) is 13.0 Å². The van der Waals surface area contributed by atoms with Gasteiger partial charge >= 0.3 is 0 Å². The summed E-state index contributed by atoms with van der Waals surface area (Å²) in [4.78, 5) is 16.4. The minimum Gasteiger partial charge on any atom is -0.348 e. The van der Waals surface area contributed by atoms with Crippen LogP contribution < -0.4 is 10.6 Å². The van der Waals surface area contributed by atoms with Crippen molar-refractivity contribution in [2.24, 2.45) is 0 Å². The summed E-state index contributed by atoms with van der Waals surface area (Å²) in [5, 5.41) is 10.4. The van der Waals surface area contributed by atoms with Gasteiger partial charge in [-0.1, -0.05) is 29.8 Å². The van der Waals surface area contributed by atoms with Crippen LogP contribution in [0.3, 0.4) is 0 Å². The van der Waals surface area contributed by atoms with Crippen LogP contribution in [-0.4, -0.2) is 40.3 Å². The molecule has 0 atom stereocenters. The van der Waals surface area contributed by atoms with Crippen LogP contribution in [-0.2, 0) is 6.54 Å². The number of amides is 1. The molecule has 1 aromatic heterocycles. The Labute approximate surface area is 129 Å². The third-order valence-electron chi connectivity index (χ3n) is 3.69. The van der Waals surface area contributed by atoms with E-state index in [2.05, 4.69) is 26.8 Å². The first-order valence-electron chi connectivity index (χ1n) is 7.40. The second-order valence-electron chi connectivity index (χ2n) is 5.25. The highest BCUT2D eigenvalue weighted by Crippen LogP contribution is 2.11. The standard InChI is InChI=1S/C16H19N5O/c22-16(19-9-13-5-7-17-8-6-13)15-4-2-1-3-14(15)10-21-12-18-11-20-21/h1-5,11-12,17H,6-10H2,(H,19,22). The summed E-state index contributed by atoms with van der Waals surface area (Å²) in [6.07, 6.45) is 6.27. The molecule has 1 amide bonds. The Morgan fingerprint density at radius 3 is 3.05 bits per heavy atom. The fourth-order valence-corrected chi connectivity index (χ4v) is 2.49. The van der Waals surface area contributed by atoms with Gasteiger partial charge in [0.05, 0.1) is 6.54 Å². The monoisotopic (exact) mass is 297 g/mol. The van der Waals surface area contributed by atoms with E-state index in [9.17, 15) is 4.79 Å². The Morgan fingerprint density at radius 1 is 1.36 bits per heavy atom. The van der Waals surface area contributed by atoms with Crippen LogP contribution in [0.25, 0.3) is 0 Å². The van der Waals surface area contributed by atoms with Gasteiger partial charge in [-0.2, -0.15) is 5.10 Å². The lowest BCUT2D eigenvalue weighted by atomic mass is 10.1. The fourth-order valence-electron chi connectivity index (χ4n) is 2.49. The first kappa shape index (κ1) is 14.5. The van der Waals surface area contributed by atoms with Crippen molar-refractivity contribution in [3.05, 3.63) is 59.7 Å². The second-order valence-corrected chi connectivity index (χ2v) is 5.25. The van der Waals surface area contributed by atoms with Crippen molar-refractivity contribution < 1.29 is 4.79 Å². The highest BCUT2D eigenvalue weighted by Gasteiger charge is 2.12. The van der Waals surface area contributed by atoms with Gasteiger partial charge in [-0.15, -0.1) is 0 Å². The lowest BCUT2D eigenvalue weighted by Gasteiger charge is -2.15. The van der Waals surface area contributed by atoms with Gasteiger partial charge in [0.1, 0.15) is 12.7 Å². The van der Waals surface area contributed by atoms with Crippen LogP contribution in [0.1, 0.15) is 22.3 Å². The Bertz CT molecular complexity index is 663. The zero-order valence-corrected chi connectivity index (χ0v) is 12.3. The molecule has 0 radical (unpaired) electrons. The van der Waals surface area contributed by atoms with E-state index in [1.165, 1.54) is 11.9 Å². The van der Waals surface area contributed by atoms with E-state index in [1.54, 1.807) is 11.0 Å². The molecule has 0 bridgehead atoms. The van der Waals surface area contributed by atoms with Crippen LogP contribution in [0, 0.1) is 0 Å². The smallest absolute Gasteiger partial charge is 0.251 e. The predicted molar refractivity (Wildman–Crippen MR) is 83.5 cm³/mol. The lowest BCUT2D eigenvalue weighted by molar-refractivity contribution is 0.0955. The summed E-state index contributed by atoms with van der Waals surface area (Å²) in [6, 6.07) is 7.60. The summed E-state index contributed by atoms with van der Waals surface area (Å²) in [7, 11) is 0. The number of carbonyl (C=O) groups is 1. The first-order chi connectivity index (χ1) is 10.8. The zero-order chi connectivity index (χ0) is 15.2. The van der Waals surface area contributed by atoms with Crippen LogP contribution >= 0.6 is 0 Å². The molecule has 2 N–H and O–H groups in total. The highest BCUT2D eigenvalue weighted by molar-refractivity contribution is 5.95. The van der Waals surface area contributed by atoms with Gasteiger partial charge < -0.3 is 10.6 Å². The maximum Gasteiger partial charge on any atom is 0.251 e. The molecule has 6 heteroatoms. The molecule has 0 saturated carbocycles. The molecule has 0 unspecified atom stereocenters. The molecular formula is C16H19N5O. The van der Waals surface area contributed by atoms with Crippen LogP contribution in [0.5, 0.6) is 0 Å². The SMILES string of the molecule is O=C(NCC1=CCNCC1)c1ccccc1Cn1cncn1. The van der Waals surface area contributed by atoms with Crippen molar-refractivity contribution in [1.82, 2.24) is 25.4 Å². The van der Waals surface area contributed by atoms with Crippen molar-refractivity contribution >= 4 is 5.91 Å². The molecule has 3 rings (SSSR count). The summed E-state index contributed by atoms with van der Waals surface area (Å²) in [6.45, 7) is 3.01. The number of hydrogen-bond donors (Lipinski definition) is 2. The van der Waals surface area contributed by atoms with E-state index in [4.69, 9.17) is 0 Å². The van der Waals surface area contributed by atoms with Gasteiger partial charge in [-0.05, 0) is 24.6 Å². The largest absolute Gasteiger partial charge is 0.348 e. The molecule has 1 aromatic carbocycles. The van der Waals surface area contributed by atoms with Crippen LogP contribution in [0.2, 0.25) is 0 Å². The molecule has 0 saturated heterocycles. The Kier molecular flexibility index (Phi) is 4.60. The van der Waals surface area contributed by atoms with Gasteiger partial charge in [0.15, 0.2) is 0 Å². The van der Waals surface area contributed by atoms with Gasteiger partial charge in [-0.25, -0.2) is 9.67 Å². The Hall–Kier alpha value is -2.47. The quantitative estimate of drug-likeness (QED) is 0.807. The average Bonchev–Trinajstić information content (AvgIpc) is 3.07. The topological polar surface area (TPSA) is 71.8 Å². The number of rotatable bonds is 5. The first-order valence-corrected chi connectivity index (χ1v) is 7.40. The number of nitrogens with one attached hydrogen (secondary N) is 2. The van der Waals surface area contributed by atoms with Crippen molar-refractivity contribution in [3.8, 4) is 0 Å². The number of hydrogen-bond acceptors (Lipinski definition) is 4. The molecule has 0 fully saturated rings. The molecule has 22 heavy (non-hydrogen) atoms. The molecule has 1 aliphatic rings. The number of aromatic nitrogens is 3. The van der Waals surface area contributed by atoms with E-state index in [1.807, 2.05) is 24.3 Å². The van der Waals surface area contributed by atoms with Crippen molar-refractivity contribution in [3.63, 3.8) is 0 Å². The lowest BCUT2D eigenvalue weighted by Crippen LogP contribution is -2.30. The minimum atomic E-state index is -0.0462. The maximum atomic E-state index is 12.4. The molecule has 6 nitrogen and oxygen atoms in total. The maximum absolute atomic E-state index is 12.4. The predicted octanol–water partition coefficient (Wildman–Crippen LogP) is 0.976. The van der Waals surface area contributed by atoms with Gasteiger partial charge in [0.25, 0.3) is 5.91 Å². The molecule has 0 aliphatic carbocycles. The van der Waals surface area contributed by atoms with E-state index >= 15 is 0 Å². The fraction of sp³-hybridized carbons (Fsp3) is 0.312. The summed E-state index contributed by atoms with van der Waals surface area (Å²) in [5.74, 6) is -0.0462. The minimum absolute atomic E-state index is 0.0462. The van der Waals surface area contributed by atoms with Crippen molar-refractivity contribution in [1.29, 1.82) is 0 Å². The van der Waals surface area contributed by atoms with E-state index in [-0.39, 0.29) is 5.91 Å². The van der Waals surface area contributed by atoms with E-state index in [0.29, 0.717) is 18.7 Å². The highest BCUT2D eigenvalue weighted by atomic mass is 16.1. The molecule has 0 spiro atoms. The zero-order valence-electron chi connectivity index (χ0n) is 12.3. The average molecular weight is 297 g/mol. The molecule has 2 heterocycles. The molecule has 114 valence electrons. The van der Waals surface area contributed by atoms with Gasteiger partial charge in [0, 0.05) is 18.7 Å². The van der Waals surface area contributed by atoms with Gasteiger partial charge in [0.2, 0.25) is 0 Å². The van der Waals surface area contributed by atoms with E-state index in [0.717, 1.165) is 25.1 Å². The third kappa shape index (κ3) is 3.59. The van der Waals surface area contributed by atoms with Crippen molar-refractivity contribution in [2.75, 3.05) is 19.6 Å². The number of benzene rings is 1. The summed E-state index contributed by atoms with van der Waals surface area (Å²) >= 11 is 0. The third-order valence-corrected chi connectivity index (χ3v) is 3.69. The van der Waals surface area contributed by atoms with E-state index < -0.39 is 0 Å². The van der Waals surface area contributed by atoms with Crippen LogP contribution in [0.15, 0.2) is 48.6 Å². The summed E-state index contributed by atoms with van der Waals surface area (Å²) in [5.41, 5.74) is 2.90. The number of carbonyl (C=O) groups excluding carboxylic acids is 1. The molecule has 1 aliphatic heterocycles. The Balaban J connectivity index is 1.68. The normalized spacial score (nSPS) is 14.5. The molecule has 2 aromatic rings. The molecular weight excluding hydrogens is 278 g/mol. The second kappa shape index (κ2) is 7.00. The number of nitrogens with zero attached hydrogens (tertiary/aromatic N) is 3. The van der Waals surface area contributed by atoms with Gasteiger partial charge in [-0.3, -0.25) is 4.79 Å². The van der Waals surface area contributed by atoms with Crippen LogP contribution in [0.4, 0.5) is 0 Å². The Morgan fingerprint density at radius 2 is 2.27 bits per heavy atom.